The molecule has 2 heteroatoms. The maximum Gasteiger partial charge on any atom is 0.0230 e. The lowest BCUT2D eigenvalue weighted by Crippen LogP contribution is -1.80. The van der Waals surface area contributed by atoms with Gasteiger partial charge in [0.1, 0.15) is 0 Å². The van der Waals surface area contributed by atoms with Gasteiger partial charge in [-0.15, -0.1) is 0 Å². The van der Waals surface area contributed by atoms with Gasteiger partial charge in [0.15, 0.2) is 0 Å². The zero-order valence-corrected chi connectivity index (χ0v) is 11.5. The molecular formula is C14H23NS. The van der Waals surface area contributed by atoms with Gasteiger partial charge < -0.3 is 0 Å². The molecule has 1 nitrogen and oxygen atoms in total. The molecule has 0 bridgehead atoms. The van der Waals surface area contributed by atoms with Crippen LogP contribution < -0.4 is 0 Å². The number of unbranched alkanes of at least 4 members (excludes halogenated alkanes) is 1. The fraction of sp³-hybridized carbons (Fsp3) is 0.500. The highest BCUT2D eigenvalue weighted by atomic mass is 32.1. The van der Waals surface area contributed by atoms with Crippen LogP contribution >= 0.6 is 12.6 Å². The van der Waals surface area contributed by atoms with Crippen molar-refractivity contribution in [2.45, 2.75) is 45.3 Å². The van der Waals surface area contributed by atoms with Crippen molar-refractivity contribution >= 4 is 18.3 Å². The van der Waals surface area contributed by atoms with Crippen LogP contribution in [-0.4, -0.2) is 11.0 Å². The van der Waals surface area contributed by atoms with Crippen LogP contribution in [0, 0.1) is 0 Å². The average molecular weight is 237 g/mol. The third kappa shape index (κ3) is 13.2. The van der Waals surface area contributed by atoms with E-state index in [1.54, 1.807) is 0 Å². The number of rotatable bonds is 7. The van der Waals surface area contributed by atoms with Gasteiger partial charge in [0.2, 0.25) is 0 Å². The van der Waals surface area contributed by atoms with E-state index < -0.39 is 0 Å². The van der Waals surface area contributed by atoms with Crippen molar-refractivity contribution in [3.8, 4) is 0 Å². The molecule has 0 aliphatic carbocycles. The summed E-state index contributed by atoms with van der Waals surface area (Å²) in [5.74, 6) is 0. The molecule has 0 aliphatic rings. The fourth-order valence-corrected chi connectivity index (χ4v) is 1.16. The summed E-state index contributed by atoms with van der Waals surface area (Å²) < 4.78 is 0. The van der Waals surface area contributed by atoms with Crippen molar-refractivity contribution in [2.24, 2.45) is 4.99 Å². The second-order valence-corrected chi connectivity index (χ2v) is 4.73. The number of hydrogen-bond donors (Lipinski definition) is 1. The maximum atomic E-state index is 4.27. The van der Waals surface area contributed by atoms with E-state index in [9.17, 15) is 0 Å². The highest BCUT2D eigenvalue weighted by Crippen LogP contribution is 1.99. The zero-order chi connectivity index (χ0) is 12.2. The molecule has 16 heavy (non-hydrogen) atoms. The first-order valence-corrected chi connectivity index (χ1v) is 6.30. The quantitative estimate of drug-likeness (QED) is 0.288. The summed E-state index contributed by atoms with van der Waals surface area (Å²) in [6.45, 7) is 6.06. The van der Waals surface area contributed by atoms with Crippen LogP contribution in [-0.2, 0) is 0 Å². The van der Waals surface area contributed by atoms with Gasteiger partial charge in [-0.05, 0) is 33.1 Å². The minimum atomic E-state index is 0.363. The van der Waals surface area contributed by atoms with Gasteiger partial charge in [0.25, 0.3) is 0 Å². The average Bonchev–Trinajstić information content (AvgIpc) is 2.20. The number of allylic oxidation sites excluding steroid dienone is 4. The topological polar surface area (TPSA) is 12.4 Å². The number of thiol groups is 1. The van der Waals surface area contributed by atoms with Crippen molar-refractivity contribution in [2.75, 3.05) is 0 Å². The molecule has 90 valence electrons. The van der Waals surface area contributed by atoms with Gasteiger partial charge in [-0.1, -0.05) is 37.3 Å². The normalized spacial score (nSPS) is 14.0. The predicted molar refractivity (Wildman–Crippen MR) is 78.5 cm³/mol. The minimum Gasteiger partial charge on any atom is -0.267 e. The number of hydrogen-bond acceptors (Lipinski definition) is 2. The summed E-state index contributed by atoms with van der Waals surface area (Å²) in [6.07, 6.45) is 15.8. The van der Waals surface area contributed by atoms with Crippen LogP contribution in [0.4, 0.5) is 0 Å². The van der Waals surface area contributed by atoms with Crippen LogP contribution in [0.15, 0.2) is 41.6 Å². The van der Waals surface area contributed by atoms with E-state index in [-0.39, 0.29) is 0 Å². The molecule has 0 spiro atoms. The van der Waals surface area contributed by atoms with E-state index in [1.165, 1.54) is 0 Å². The molecule has 0 aromatic heterocycles. The second-order valence-electron chi connectivity index (χ2n) is 3.91. The van der Waals surface area contributed by atoms with Gasteiger partial charge in [0, 0.05) is 17.2 Å². The van der Waals surface area contributed by atoms with Crippen LogP contribution in [0.2, 0.25) is 0 Å². The largest absolute Gasteiger partial charge is 0.267 e. The molecule has 1 atom stereocenters. The third-order valence-corrected chi connectivity index (χ3v) is 1.96. The van der Waals surface area contributed by atoms with Crippen molar-refractivity contribution < 1.29 is 0 Å². The monoisotopic (exact) mass is 237 g/mol. The van der Waals surface area contributed by atoms with Gasteiger partial charge in [0.05, 0.1) is 0 Å². The van der Waals surface area contributed by atoms with Gasteiger partial charge in [-0.3, -0.25) is 4.99 Å². The van der Waals surface area contributed by atoms with Crippen molar-refractivity contribution in [1.29, 1.82) is 0 Å². The van der Waals surface area contributed by atoms with Gasteiger partial charge in [-0.25, -0.2) is 0 Å². The van der Waals surface area contributed by atoms with Crippen LogP contribution in [0.25, 0.3) is 0 Å². The minimum absolute atomic E-state index is 0.363. The lowest BCUT2D eigenvalue weighted by atomic mass is 10.2. The second kappa shape index (κ2) is 10.7. The highest BCUT2D eigenvalue weighted by molar-refractivity contribution is 7.81. The highest BCUT2D eigenvalue weighted by Gasteiger charge is 1.82. The van der Waals surface area contributed by atoms with E-state index in [0.717, 1.165) is 25.0 Å². The molecule has 0 aromatic rings. The van der Waals surface area contributed by atoms with Crippen LogP contribution in [0.1, 0.15) is 40.0 Å². The molecule has 0 fully saturated rings. The fourth-order valence-electron chi connectivity index (χ4n) is 1.04. The molecule has 0 amide bonds. The summed E-state index contributed by atoms with van der Waals surface area (Å²) in [7, 11) is 0. The first-order chi connectivity index (χ1) is 7.63. The summed E-state index contributed by atoms with van der Waals surface area (Å²) in [6, 6.07) is 0. The van der Waals surface area contributed by atoms with Crippen LogP contribution in [0.5, 0.6) is 0 Å². The molecular weight excluding hydrogens is 214 g/mol. The Morgan fingerprint density at radius 3 is 2.44 bits per heavy atom. The van der Waals surface area contributed by atoms with E-state index in [0.29, 0.717) is 5.25 Å². The Bertz CT molecular complexity index is 268. The van der Waals surface area contributed by atoms with E-state index >= 15 is 0 Å². The van der Waals surface area contributed by atoms with Crippen molar-refractivity contribution in [1.82, 2.24) is 0 Å². The van der Waals surface area contributed by atoms with Crippen LogP contribution in [0.3, 0.4) is 0 Å². The first-order valence-electron chi connectivity index (χ1n) is 5.78. The lowest BCUT2D eigenvalue weighted by Gasteiger charge is -1.91. The molecule has 0 aromatic carbocycles. The Hall–Kier alpha value is -0.760. The summed E-state index contributed by atoms with van der Waals surface area (Å²) >= 11 is 4.27. The molecule has 0 heterocycles. The molecule has 0 rings (SSSR count). The Balaban J connectivity index is 3.49. The molecule has 0 radical (unpaired) electrons. The Kier molecular flexibility index (Phi) is 10.2. The molecule has 0 saturated carbocycles. The van der Waals surface area contributed by atoms with Crippen molar-refractivity contribution in [3.05, 3.63) is 36.6 Å². The molecule has 0 aliphatic heterocycles. The Morgan fingerprint density at radius 2 is 1.81 bits per heavy atom. The zero-order valence-electron chi connectivity index (χ0n) is 10.6. The maximum absolute atomic E-state index is 4.27. The van der Waals surface area contributed by atoms with Crippen molar-refractivity contribution in [3.63, 3.8) is 0 Å². The molecule has 0 saturated heterocycles. The summed E-state index contributed by atoms with van der Waals surface area (Å²) in [5, 5.41) is 0.363. The lowest BCUT2D eigenvalue weighted by molar-refractivity contribution is 1.03. The van der Waals surface area contributed by atoms with E-state index in [1.807, 2.05) is 20.0 Å². The van der Waals surface area contributed by atoms with Gasteiger partial charge in [-0.2, -0.15) is 12.6 Å². The van der Waals surface area contributed by atoms with Gasteiger partial charge >= 0.3 is 0 Å². The van der Waals surface area contributed by atoms with E-state index in [2.05, 4.69) is 54.9 Å². The summed E-state index contributed by atoms with van der Waals surface area (Å²) in [5.41, 5.74) is 1.09. The number of nitrogens with zero attached hydrogens (tertiary/aromatic N) is 1. The first kappa shape index (κ1) is 15.2. The summed E-state index contributed by atoms with van der Waals surface area (Å²) in [4.78, 5) is 4.17. The predicted octanol–water partition coefficient (Wildman–Crippen LogP) is 4.58. The van der Waals surface area contributed by atoms with E-state index in [4.69, 9.17) is 0 Å². The standard InChI is InChI=1S/C14H23NS/c1-13(2)15-12-10-8-6-4-5-7-9-11-14(3)16/h4,6,9-12,14,16H,5,7-8H2,1-3H3/b6-4?,11-9+,12-10+. The Morgan fingerprint density at radius 1 is 1.12 bits per heavy atom. The number of aliphatic imine (C=N–C) groups is 1. The third-order valence-electron chi connectivity index (χ3n) is 1.79. The Labute approximate surface area is 105 Å². The molecule has 1 unspecified atom stereocenters. The smallest absolute Gasteiger partial charge is 0.0230 e. The molecule has 0 N–H and O–H groups in total. The SMILES string of the molecule is CC(C)=N/C=C/CC=CCC/C=C/C(C)S.